The molecule has 0 aromatic heterocycles. The van der Waals surface area contributed by atoms with E-state index in [1.54, 1.807) is 0 Å². The van der Waals surface area contributed by atoms with Crippen LogP contribution >= 0.6 is 0 Å². The molecule has 0 spiro atoms. The van der Waals surface area contributed by atoms with E-state index in [0.29, 0.717) is 6.54 Å². The molecule has 0 rings (SSSR count). The smallest absolute Gasteiger partial charge is 0.0946 e. The largest absolute Gasteiger partial charge is 0.330 e. The first-order valence-corrected chi connectivity index (χ1v) is 3.52. The molecule has 0 aliphatic heterocycles. The number of nitriles is 1. The number of nitrogens with zero attached hydrogens (tertiary/aromatic N) is 2. The van der Waals surface area contributed by atoms with Crippen molar-refractivity contribution in [1.82, 2.24) is 4.90 Å². The molecule has 0 aliphatic carbocycles. The molecule has 1 atom stereocenters. The Morgan fingerprint density at radius 2 is 2.30 bits per heavy atom. The highest BCUT2D eigenvalue weighted by Gasteiger charge is 2.04. The van der Waals surface area contributed by atoms with Gasteiger partial charge in [-0.3, -0.25) is 4.90 Å². The van der Waals surface area contributed by atoms with Crippen LogP contribution in [0.25, 0.3) is 0 Å². The highest BCUT2D eigenvalue weighted by molar-refractivity contribution is 4.86. The van der Waals surface area contributed by atoms with Crippen LogP contribution in [0, 0.1) is 11.3 Å². The fourth-order valence-corrected chi connectivity index (χ4v) is 0.633. The van der Waals surface area contributed by atoms with Gasteiger partial charge in [0.05, 0.1) is 12.1 Å². The Kier molecular flexibility index (Phi) is 4.91. The molecule has 0 aliphatic rings. The van der Waals surface area contributed by atoms with E-state index in [-0.39, 0.29) is 6.04 Å². The third-order valence-corrected chi connectivity index (χ3v) is 1.56. The van der Waals surface area contributed by atoms with Crippen LogP contribution in [0.5, 0.6) is 0 Å². The molecule has 2 N–H and O–H groups in total. The average Bonchev–Trinajstić information content (AvgIpc) is 1.98. The van der Waals surface area contributed by atoms with Gasteiger partial charge in [0.1, 0.15) is 0 Å². The Morgan fingerprint density at radius 3 is 2.70 bits per heavy atom. The van der Waals surface area contributed by atoms with Gasteiger partial charge < -0.3 is 5.73 Å². The first-order chi connectivity index (χ1) is 4.72. The molecule has 0 amide bonds. The summed E-state index contributed by atoms with van der Waals surface area (Å²) >= 11 is 0. The summed E-state index contributed by atoms with van der Waals surface area (Å²) < 4.78 is 0. The summed E-state index contributed by atoms with van der Waals surface area (Å²) in [7, 11) is 1.93. The maximum absolute atomic E-state index is 8.48. The van der Waals surface area contributed by atoms with E-state index >= 15 is 0 Å². The topological polar surface area (TPSA) is 53.0 Å². The number of nitrogens with two attached hydrogens (primary N) is 1. The summed E-state index contributed by atoms with van der Waals surface area (Å²) in [5.74, 6) is 0. The van der Waals surface area contributed by atoms with Crippen LogP contribution in [0.4, 0.5) is 0 Å². The van der Waals surface area contributed by atoms with Crippen molar-refractivity contribution >= 4 is 0 Å². The fourth-order valence-electron chi connectivity index (χ4n) is 0.633. The Morgan fingerprint density at radius 1 is 1.70 bits per heavy atom. The van der Waals surface area contributed by atoms with Crippen molar-refractivity contribution in [2.75, 3.05) is 20.1 Å². The molecule has 58 valence electrons. The lowest BCUT2D eigenvalue weighted by atomic mass is 10.3. The quantitative estimate of drug-likeness (QED) is 0.607. The van der Waals surface area contributed by atoms with Crippen molar-refractivity contribution in [2.24, 2.45) is 5.73 Å². The van der Waals surface area contributed by atoms with Gasteiger partial charge in [0.15, 0.2) is 0 Å². The molecule has 0 radical (unpaired) electrons. The maximum Gasteiger partial charge on any atom is 0.0946 e. The van der Waals surface area contributed by atoms with E-state index in [0.717, 1.165) is 13.0 Å². The number of rotatable bonds is 4. The molecule has 0 aromatic rings. The molecule has 3 heteroatoms. The molecule has 0 aromatic carbocycles. The normalized spacial score (nSPS) is 13.1. The van der Waals surface area contributed by atoms with E-state index in [4.69, 9.17) is 11.0 Å². The lowest BCUT2D eigenvalue weighted by molar-refractivity contribution is 0.300. The SMILES string of the molecule is CC(C#N)N(C)CCCN. The summed E-state index contributed by atoms with van der Waals surface area (Å²) in [5.41, 5.74) is 5.31. The molecule has 0 saturated carbocycles. The monoisotopic (exact) mass is 141 g/mol. The highest BCUT2D eigenvalue weighted by Crippen LogP contribution is 1.93. The third kappa shape index (κ3) is 3.44. The maximum atomic E-state index is 8.48. The predicted octanol–water partition coefficient (Wildman–Crippen LogP) is 0.179. The second kappa shape index (κ2) is 5.21. The van der Waals surface area contributed by atoms with Crippen molar-refractivity contribution in [2.45, 2.75) is 19.4 Å². The van der Waals surface area contributed by atoms with E-state index in [9.17, 15) is 0 Å². The summed E-state index contributed by atoms with van der Waals surface area (Å²) in [6.45, 7) is 3.49. The molecule has 0 fully saturated rings. The van der Waals surface area contributed by atoms with Crippen molar-refractivity contribution in [3.05, 3.63) is 0 Å². The number of hydrogen-bond donors (Lipinski definition) is 1. The Labute approximate surface area is 62.4 Å². The van der Waals surface area contributed by atoms with Gasteiger partial charge in [0, 0.05) is 6.54 Å². The lowest BCUT2D eigenvalue weighted by Gasteiger charge is -2.17. The number of hydrogen-bond acceptors (Lipinski definition) is 3. The van der Waals surface area contributed by atoms with Gasteiger partial charge in [0.2, 0.25) is 0 Å². The van der Waals surface area contributed by atoms with Gasteiger partial charge in [0.25, 0.3) is 0 Å². The van der Waals surface area contributed by atoms with Crippen molar-refractivity contribution in [1.29, 1.82) is 5.26 Å². The molecule has 1 unspecified atom stereocenters. The lowest BCUT2D eigenvalue weighted by Crippen LogP contribution is -2.29. The molecule has 0 bridgehead atoms. The second-order valence-corrected chi connectivity index (χ2v) is 2.43. The molecule has 0 heterocycles. The minimum atomic E-state index is 0.00606. The van der Waals surface area contributed by atoms with Gasteiger partial charge in [-0.25, -0.2) is 0 Å². The van der Waals surface area contributed by atoms with Crippen LogP contribution in [0.2, 0.25) is 0 Å². The minimum absolute atomic E-state index is 0.00606. The zero-order chi connectivity index (χ0) is 7.98. The van der Waals surface area contributed by atoms with Crippen LogP contribution in [0.3, 0.4) is 0 Å². The van der Waals surface area contributed by atoms with Crippen LogP contribution in [-0.4, -0.2) is 31.1 Å². The van der Waals surface area contributed by atoms with Gasteiger partial charge in [-0.2, -0.15) is 5.26 Å². The van der Waals surface area contributed by atoms with Crippen LogP contribution in [0.1, 0.15) is 13.3 Å². The average molecular weight is 141 g/mol. The predicted molar refractivity (Wildman–Crippen MR) is 41.4 cm³/mol. The van der Waals surface area contributed by atoms with Gasteiger partial charge >= 0.3 is 0 Å². The molecular formula is C7H15N3. The van der Waals surface area contributed by atoms with Crippen LogP contribution in [0.15, 0.2) is 0 Å². The second-order valence-electron chi connectivity index (χ2n) is 2.43. The third-order valence-electron chi connectivity index (χ3n) is 1.56. The van der Waals surface area contributed by atoms with Gasteiger partial charge in [-0.05, 0) is 26.9 Å². The van der Waals surface area contributed by atoms with E-state index < -0.39 is 0 Å². The van der Waals surface area contributed by atoms with E-state index in [1.807, 2.05) is 18.9 Å². The van der Waals surface area contributed by atoms with Crippen LogP contribution in [-0.2, 0) is 0 Å². The summed E-state index contributed by atoms with van der Waals surface area (Å²) in [4.78, 5) is 1.99. The summed E-state index contributed by atoms with van der Waals surface area (Å²) in [6, 6.07) is 2.16. The molecule has 10 heavy (non-hydrogen) atoms. The summed E-state index contributed by atoms with van der Waals surface area (Å²) in [5, 5.41) is 8.48. The zero-order valence-electron chi connectivity index (χ0n) is 6.67. The van der Waals surface area contributed by atoms with Gasteiger partial charge in [-0.15, -0.1) is 0 Å². The van der Waals surface area contributed by atoms with E-state index in [2.05, 4.69) is 6.07 Å². The Hall–Kier alpha value is -0.590. The van der Waals surface area contributed by atoms with Gasteiger partial charge in [-0.1, -0.05) is 0 Å². The van der Waals surface area contributed by atoms with Crippen molar-refractivity contribution in [3.63, 3.8) is 0 Å². The highest BCUT2D eigenvalue weighted by atomic mass is 15.1. The Bertz CT molecular complexity index is 117. The first kappa shape index (κ1) is 9.41. The fraction of sp³-hybridized carbons (Fsp3) is 0.857. The summed E-state index contributed by atoms with van der Waals surface area (Å²) in [6.07, 6.45) is 0.961. The first-order valence-electron chi connectivity index (χ1n) is 3.52. The minimum Gasteiger partial charge on any atom is -0.330 e. The van der Waals surface area contributed by atoms with E-state index in [1.165, 1.54) is 0 Å². The zero-order valence-corrected chi connectivity index (χ0v) is 6.67. The molecular weight excluding hydrogens is 126 g/mol. The Balaban J connectivity index is 3.43. The standard InChI is InChI=1S/C7H15N3/c1-7(6-9)10(2)5-3-4-8/h7H,3-5,8H2,1-2H3. The van der Waals surface area contributed by atoms with Crippen LogP contribution < -0.4 is 5.73 Å². The molecule has 0 saturated heterocycles. The van der Waals surface area contributed by atoms with Crippen molar-refractivity contribution in [3.8, 4) is 6.07 Å². The van der Waals surface area contributed by atoms with Crippen molar-refractivity contribution < 1.29 is 0 Å². The molecule has 3 nitrogen and oxygen atoms in total.